The van der Waals surface area contributed by atoms with E-state index in [9.17, 15) is 22.0 Å². The van der Waals surface area contributed by atoms with Gasteiger partial charge in [0.1, 0.15) is 17.4 Å². The molecule has 0 fully saturated rings. The Morgan fingerprint density at radius 3 is 2.47 bits per heavy atom. The van der Waals surface area contributed by atoms with Crippen LogP contribution >= 0.6 is 0 Å². The molecular weight excluding hydrogens is 414 g/mol. The van der Waals surface area contributed by atoms with Crippen molar-refractivity contribution in [3.63, 3.8) is 0 Å². The van der Waals surface area contributed by atoms with E-state index in [1.54, 1.807) is 0 Å². The number of anilines is 2. The van der Waals surface area contributed by atoms with Crippen LogP contribution in [0.3, 0.4) is 0 Å². The third-order valence-corrected chi connectivity index (χ3v) is 5.62. The number of sulfonamides is 1. The minimum absolute atomic E-state index is 0.120. The molecule has 0 saturated heterocycles. The van der Waals surface area contributed by atoms with Gasteiger partial charge in [-0.3, -0.25) is 9.52 Å². The zero-order chi connectivity index (χ0) is 21.9. The number of ether oxygens (including phenoxy) is 1. The van der Waals surface area contributed by atoms with Gasteiger partial charge in [-0.2, -0.15) is 0 Å². The average molecular weight is 432 g/mol. The third kappa shape index (κ3) is 4.74. The number of nitrogens with one attached hydrogen (secondary N) is 2. The van der Waals surface area contributed by atoms with Crippen molar-refractivity contribution < 1.29 is 26.7 Å². The molecule has 0 bridgehead atoms. The largest absolute Gasteiger partial charge is 0.494 e. The van der Waals surface area contributed by atoms with Crippen LogP contribution in [-0.4, -0.2) is 21.4 Å². The van der Waals surface area contributed by atoms with Gasteiger partial charge in [0.15, 0.2) is 0 Å². The molecule has 1 amide bonds. The Morgan fingerprint density at radius 1 is 1.00 bits per heavy atom. The number of benzene rings is 3. The van der Waals surface area contributed by atoms with E-state index in [1.807, 2.05) is 0 Å². The maximum atomic E-state index is 13.7. The number of halogens is 2. The van der Waals surface area contributed by atoms with Crippen molar-refractivity contribution in [2.45, 2.75) is 11.8 Å². The summed E-state index contributed by atoms with van der Waals surface area (Å²) in [5.74, 6) is -1.57. The smallest absolute Gasteiger partial charge is 0.261 e. The molecule has 3 aromatic carbocycles. The van der Waals surface area contributed by atoms with Crippen LogP contribution in [0, 0.1) is 18.6 Å². The Hall–Kier alpha value is -3.46. The van der Waals surface area contributed by atoms with Crippen LogP contribution in [0.5, 0.6) is 5.75 Å². The highest BCUT2D eigenvalue weighted by atomic mass is 32.2. The number of rotatable bonds is 6. The average Bonchev–Trinajstić information content (AvgIpc) is 2.71. The highest BCUT2D eigenvalue weighted by Gasteiger charge is 2.17. The van der Waals surface area contributed by atoms with Crippen LogP contribution in [0.25, 0.3) is 0 Å². The van der Waals surface area contributed by atoms with E-state index in [1.165, 1.54) is 62.6 Å². The SMILES string of the molecule is COc1cc(F)ccc1NC(=O)c1cccc(NS(=O)(=O)c2ccc(C)c(F)c2)c1. The predicted octanol–water partition coefficient (Wildman–Crippen LogP) is 4.33. The molecule has 3 rings (SSSR count). The topological polar surface area (TPSA) is 84.5 Å². The van der Waals surface area contributed by atoms with Crippen molar-refractivity contribution in [1.29, 1.82) is 0 Å². The quantitative estimate of drug-likeness (QED) is 0.607. The van der Waals surface area contributed by atoms with Gasteiger partial charge in [-0.05, 0) is 55.0 Å². The lowest BCUT2D eigenvalue weighted by Crippen LogP contribution is -2.15. The van der Waals surface area contributed by atoms with Crippen LogP contribution in [0.15, 0.2) is 65.6 Å². The second kappa shape index (κ2) is 8.50. The Labute approximate surface area is 172 Å². The van der Waals surface area contributed by atoms with E-state index >= 15 is 0 Å². The zero-order valence-electron chi connectivity index (χ0n) is 16.1. The molecule has 2 N–H and O–H groups in total. The second-order valence-electron chi connectivity index (χ2n) is 6.40. The molecular formula is C21H18F2N2O4S. The zero-order valence-corrected chi connectivity index (χ0v) is 16.9. The molecule has 0 saturated carbocycles. The monoisotopic (exact) mass is 432 g/mol. The highest BCUT2D eigenvalue weighted by molar-refractivity contribution is 7.92. The van der Waals surface area contributed by atoms with E-state index in [0.29, 0.717) is 5.56 Å². The first-order valence-electron chi connectivity index (χ1n) is 8.73. The first kappa shape index (κ1) is 21.3. The second-order valence-corrected chi connectivity index (χ2v) is 8.08. The summed E-state index contributed by atoms with van der Waals surface area (Å²) in [4.78, 5) is 12.3. The highest BCUT2D eigenvalue weighted by Crippen LogP contribution is 2.26. The number of methoxy groups -OCH3 is 1. The van der Waals surface area contributed by atoms with E-state index in [0.717, 1.165) is 12.1 Å². The summed E-state index contributed by atoms with van der Waals surface area (Å²) >= 11 is 0. The van der Waals surface area contributed by atoms with Crippen LogP contribution in [0.4, 0.5) is 20.2 Å². The van der Waals surface area contributed by atoms with Crippen LogP contribution in [0.1, 0.15) is 15.9 Å². The number of hydrogen-bond acceptors (Lipinski definition) is 4. The Morgan fingerprint density at radius 2 is 1.77 bits per heavy atom. The normalized spacial score (nSPS) is 11.1. The Balaban J connectivity index is 1.82. The fraction of sp³-hybridized carbons (Fsp3) is 0.0952. The molecule has 156 valence electrons. The van der Waals surface area contributed by atoms with Crippen LogP contribution in [0.2, 0.25) is 0 Å². The first-order chi connectivity index (χ1) is 14.2. The maximum absolute atomic E-state index is 13.7. The molecule has 0 aromatic heterocycles. The molecule has 0 aliphatic carbocycles. The lowest BCUT2D eigenvalue weighted by Gasteiger charge is -2.12. The predicted molar refractivity (Wildman–Crippen MR) is 109 cm³/mol. The van der Waals surface area contributed by atoms with Crippen LogP contribution < -0.4 is 14.8 Å². The number of hydrogen-bond donors (Lipinski definition) is 2. The summed E-state index contributed by atoms with van der Waals surface area (Å²) in [6, 6.07) is 13.0. The molecule has 3 aromatic rings. The molecule has 0 aliphatic heterocycles. The van der Waals surface area contributed by atoms with E-state index in [2.05, 4.69) is 10.0 Å². The molecule has 6 nitrogen and oxygen atoms in total. The molecule has 0 unspecified atom stereocenters. The molecule has 9 heteroatoms. The van der Waals surface area contributed by atoms with Crippen LogP contribution in [-0.2, 0) is 10.0 Å². The summed E-state index contributed by atoms with van der Waals surface area (Å²) in [6.45, 7) is 1.53. The van der Waals surface area contributed by atoms with E-state index in [4.69, 9.17) is 4.74 Å². The van der Waals surface area contributed by atoms with Crippen molar-refractivity contribution in [3.8, 4) is 5.75 Å². The molecule has 0 aliphatic rings. The van der Waals surface area contributed by atoms with Crippen molar-refractivity contribution in [3.05, 3.63) is 83.4 Å². The Kier molecular flexibility index (Phi) is 6.02. The summed E-state index contributed by atoms with van der Waals surface area (Å²) in [7, 11) is -2.71. The van der Waals surface area contributed by atoms with Gasteiger partial charge < -0.3 is 10.1 Å². The lowest BCUT2D eigenvalue weighted by molar-refractivity contribution is 0.102. The minimum Gasteiger partial charge on any atom is -0.494 e. The van der Waals surface area contributed by atoms with Gasteiger partial charge in [0.05, 0.1) is 17.7 Å². The van der Waals surface area contributed by atoms with Gasteiger partial charge in [0.2, 0.25) is 0 Å². The van der Waals surface area contributed by atoms with Gasteiger partial charge in [-0.1, -0.05) is 12.1 Å². The number of amides is 1. The van der Waals surface area contributed by atoms with Gasteiger partial charge >= 0.3 is 0 Å². The minimum atomic E-state index is -4.05. The van der Waals surface area contributed by atoms with Gasteiger partial charge in [0.25, 0.3) is 15.9 Å². The third-order valence-electron chi connectivity index (χ3n) is 4.24. The summed E-state index contributed by atoms with van der Waals surface area (Å²) in [5, 5.41) is 2.58. The van der Waals surface area contributed by atoms with Gasteiger partial charge in [-0.15, -0.1) is 0 Å². The van der Waals surface area contributed by atoms with Gasteiger partial charge in [0, 0.05) is 17.3 Å². The van der Waals surface area contributed by atoms with Crippen molar-refractivity contribution >= 4 is 27.3 Å². The van der Waals surface area contributed by atoms with Crippen molar-refractivity contribution in [1.82, 2.24) is 0 Å². The van der Waals surface area contributed by atoms with E-state index < -0.39 is 27.6 Å². The molecule has 0 atom stereocenters. The lowest BCUT2D eigenvalue weighted by atomic mass is 10.2. The van der Waals surface area contributed by atoms with Gasteiger partial charge in [-0.25, -0.2) is 17.2 Å². The molecule has 0 spiro atoms. The first-order valence-corrected chi connectivity index (χ1v) is 10.2. The maximum Gasteiger partial charge on any atom is 0.261 e. The number of carbonyl (C=O) groups is 1. The fourth-order valence-electron chi connectivity index (χ4n) is 2.64. The summed E-state index contributed by atoms with van der Waals surface area (Å²) in [6.07, 6.45) is 0. The number of carbonyl (C=O) groups excluding carboxylic acids is 1. The molecule has 0 heterocycles. The summed E-state index contributed by atoms with van der Waals surface area (Å²) in [5.41, 5.74) is 0.847. The van der Waals surface area contributed by atoms with Crippen molar-refractivity contribution in [2.75, 3.05) is 17.1 Å². The number of aryl methyl sites for hydroxylation is 1. The van der Waals surface area contributed by atoms with E-state index in [-0.39, 0.29) is 27.6 Å². The fourth-order valence-corrected chi connectivity index (χ4v) is 3.70. The Bertz CT molecular complexity index is 1210. The molecule has 0 radical (unpaired) electrons. The van der Waals surface area contributed by atoms with Crippen molar-refractivity contribution in [2.24, 2.45) is 0 Å². The molecule has 30 heavy (non-hydrogen) atoms. The standard InChI is InChI=1S/C21H18F2N2O4S/c1-13-6-8-17(12-18(13)23)30(27,28)25-16-5-3-4-14(10-16)21(26)24-19-9-7-15(22)11-20(19)29-2/h3-12,25H,1-2H3,(H,24,26). The summed E-state index contributed by atoms with van der Waals surface area (Å²) < 4.78 is 59.5.